The number of ether oxygens (including phenoxy) is 2. The van der Waals surface area contributed by atoms with Crippen molar-refractivity contribution in [2.24, 2.45) is 0 Å². The standard InChI is InChI=1S/C24H25N3O6/c1-24(2,3)33-23(29)26-12-10-17-18-14-20(25-19(18)8-9-21(17)26)22(28)32-13-11-15-4-6-16(7-5-15)27(30)31/h4-10,12,20,25H,11,13-14H2,1-3H3. The average molecular weight is 451 g/mol. The van der Waals surface area contributed by atoms with Crippen molar-refractivity contribution >= 4 is 34.3 Å². The molecule has 9 heteroatoms. The van der Waals surface area contributed by atoms with E-state index in [1.54, 1.807) is 18.3 Å². The number of nitrogens with one attached hydrogen (secondary N) is 1. The average Bonchev–Trinajstić information content (AvgIpc) is 3.37. The van der Waals surface area contributed by atoms with E-state index in [2.05, 4.69) is 5.32 Å². The zero-order chi connectivity index (χ0) is 23.8. The number of hydrogen-bond acceptors (Lipinski definition) is 7. The zero-order valence-corrected chi connectivity index (χ0v) is 18.7. The van der Waals surface area contributed by atoms with E-state index in [4.69, 9.17) is 9.47 Å². The Hall–Kier alpha value is -3.88. The third kappa shape index (κ3) is 4.82. The molecule has 0 radical (unpaired) electrons. The van der Waals surface area contributed by atoms with E-state index in [1.807, 2.05) is 39.0 Å². The minimum atomic E-state index is -0.602. The molecule has 2 aromatic carbocycles. The predicted molar refractivity (Wildman–Crippen MR) is 122 cm³/mol. The minimum Gasteiger partial charge on any atom is -0.464 e. The molecular weight excluding hydrogens is 426 g/mol. The lowest BCUT2D eigenvalue weighted by atomic mass is 10.1. The van der Waals surface area contributed by atoms with Crippen LogP contribution in [0.5, 0.6) is 0 Å². The maximum atomic E-state index is 12.6. The van der Waals surface area contributed by atoms with Crippen molar-refractivity contribution in [2.75, 3.05) is 11.9 Å². The van der Waals surface area contributed by atoms with E-state index in [9.17, 15) is 19.7 Å². The summed E-state index contributed by atoms with van der Waals surface area (Å²) in [6.07, 6.45) is 2.13. The summed E-state index contributed by atoms with van der Waals surface area (Å²) in [6, 6.07) is 11.2. The Morgan fingerprint density at radius 2 is 1.88 bits per heavy atom. The van der Waals surface area contributed by atoms with Crippen molar-refractivity contribution < 1.29 is 24.0 Å². The first-order valence-electron chi connectivity index (χ1n) is 10.7. The summed E-state index contributed by atoms with van der Waals surface area (Å²) in [7, 11) is 0. The van der Waals surface area contributed by atoms with Gasteiger partial charge in [0.2, 0.25) is 0 Å². The Balaban J connectivity index is 1.39. The smallest absolute Gasteiger partial charge is 0.418 e. The molecule has 2 heterocycles. The highest BCUT2D eigenvalue weighted by Gasteiger charge is 2.30. The third-order valence-corrected chi connectivity index (χ3v) is 5.38. The Morgan fingerprint density at radius 3 is 2.55 bits per heavy atom. The first-order valence-corrected chi connectivity index (χ1v) is 10.7. The third-order valence-electron chi connectivity index (χ3n) is 5.38. The van der Waals surface area contributed by atoms with Gasteiger partial charge in [-0.25, -0.2) is 9.59 Å². The van der Waals surface area contributed by atoms with Gasteiger partial charge in [0, 0.05) is 42.2 Å². The molecule has 9 nitrogen and oxygen atoms in total. The maximum Gasteiger partial charge on any atom is 0.418 e. The van der Waals surface area contributed by atoms with Gasteiger partial charge in [0.05, 0.1) is 17.0 Å². The summed E-state index contributed by atoms with van der Waals surface area (Å²) in [5.74, 6) is -0.368. The Kier molecular flexibility index (Phi) is 5.80. The molecule has 0 saturated carbocycles. The molecule has 1 N–H and O–H groups in total. The highest BCUT2D eigenvalue weighted by Crippen LogP contribution is 2.34. The topological polar surface area (TPSA) is 113 Å². The maximum absolute atomic E-state index is 12.6. The number of nitro groups is 1. The summed E-state index contributed by atoms with van der Waals surface area (Å²) < 4.78 is 12.4. The fourth-order valence-corrected chi connectivity index (χ4v) is 3.84. The molecule has 1 aliphatic heterocycles. The molecule has 172 valence electrons. The van der Waals surface area contributed by atoms with Crippen LogP contribution in [0.3, 0.4) is 0 Å². The van der Waals surface area contributed by atoms with Gasteiger partial charge in [0.1, 0.15) is 11.6 Å². The number of nitrogens with zero attached hydrogens (tertiary/aromatic N) is 2. The molecule has 1 aromatic heterocycles. The number of carbonyl (C=O) groups is 2. The van der Waals surface area contributed by atoms with Crippen LogP contribution in [-0.2, 0) is 27.1 Å². The fourth-order valence-electron chi connectivity index (χ4n) is 3.84. The number of aromatic nitrogens is 1. The molecule has 33 heavy (non-hydrogen) atoms. The number of non-ortho nitro benzene ring substituents is 1. The Bertz CT molecular complexity index is 1220. The van der Waals surface area contributed by atoms with Crippen molar-refractivity contribution in [3.8, 4) is 0 Å². The number of carbonyl (C=O) groups excluding carboxylic acids is 2. The lowest BCUT2D eigenvalue weighted by molar-refractivity contribution is -0.384. The van der Waals surface area contributed by atoms with Crippen LogP contribution in [0.4, 0.5) is 16.2 Å². The molecule has 0 amide bonds. The van der Waals surface area contributed by atoms with E-state index in [0.717, 1.165) is 27.7 Å². The summed E-state index contributed by atoms with van der Waals surface area (Å²) in [5.41, 5.74) is 2.78. The molecule has 3 aromatic rings. The lowest BCUT2D eigenvalue weighted by Gasteiger charge is -2.19. The molecule has 4 rings (SSSR count). The molecule has 0 saturated heterocycles. The van der Waals surface area contributed by atoms with Crippen LogP contribution in [0.15, 0.2) is 48.7 Å². The van der Waals surface area contributed by atoms with Gasteiger partial charge in [0.25, 0.3) is 5.69 Å². The normalized spacial score (nSPS) is 15.1. The zero-order valence-electron chi connectivity index (χ0n) is 18.7. The number of hydrogen-bond donors (Lipinski definition) is 1. The van der Waals surface area contributed by atoms with Gasteiger partial charge < -0.3 is 14.8 Å². The fraction of sp³-hybridized carbons (Fsp3) is 0.333. The van der Waals surface area contributed by atoms with Crippen LogP contribution in [0.2, 0.25) is 0 Å². The van der Waals surface area contributed by atoms with E-state index in [-0.39, 0.29) is 18.3 Å². The molecule has 0 fully saturated rings. The van der Waals surface area contributed by atoms with Crippen LogP contribution in [0.25, 0.3) is 10.9 Å². The second-order valence-electron chi connectivity index (χ2n) is 8.93. The van der Waals surface area contributed by atoms with Crippen molar-refractivity contribution in [1.82, 2.24) is 4.57 Å². The summed E-state index contributed by atoms with van der Waals surface area (Å²) in [4.78, 5) is 35.4. The van der Waals surface area contributed by atoms with E-state index in [0.29, 0.717) is 12.8 Å². The second-order valence-corrected chi connectivity index (χ2v) is 8.93. The van der Waals surface area contributed by atoms with Gasteiger partial charge in [-0.05, 0) is 50.1 Å². The van der Waals surface area contributed by atoms with Crippen molar-refractivity contribution in [1.29, 1.82) is 0 Å². The van der Waals surface area contributed by atoms with Crippen LogP contribution >= 0.6 is 0 Å². The van der Waals surface area contributed by atoms with Crippen molar-refractivity contribution in [2.45, 2.75) is 45.3 Å². The number of esters is 1. The van der Waals surface area contributed by atoms with Crippen molar-refractivity contribution in [3.05, 3.63) is 69.9 Å². The summed E-state index contributed by atoms with van der Waals surface area (Å²) in [5, 5.41) is 14.8. The quantitative estimate of drug-likeness (QED) is 0.346. The van der Waals surface area contributed by atoms with Crippen LogP contribution in [-0.4, -0.2) is 39.8 Å². The molecule has 0 aliphatic carbocycles. The van der Waals surface area contributed by atoms with E-state index >= 15 is 0 Å². The second kappa shape index (κ2) is 8.57. The SMILES string of the molecule is CC(C)(C)OC(=O)n1ccc2c3c(ccc21)NC(C(=O)OCCc1ccc([N+](=O)[O-])cc1)C3. The molecule has 1 atom stereocenters. The largest absolute Gasteiger partial charge is 0.464 e. The van der Waals surface area contributed by atoms with Gasteiger partial charge in [-0.3, -0.25) is 14.7 Å². The Labute approximate surface area is 190 Å². The van der Waals surface area contributed by atoms with E-state index < -0.39 is 22.7 Å². The van der Waals surface area contributed by atoms with Crippen LogP contribution in [0, 0.1) is 10.1 Å². The highest BCUT2D eigenvalue weighted by molar-refractivity contribution is 5.97. The first-order chi connectivity index (χ1) is 15.6. The summed E-state index contributed by atoms with van der Waals surface area (Å²) in [6.45, 7) is 5.62. The molecule has 0 spiro atoms. The Morgan fingerprint density at radius 1 is 1.15 bits per heavy atom. The van der Waals surface area contributed by atoms with Crippen LogP contribution < -0.4 is 5.32 Å². The van der Waals surface area contributed by atoms with Crippen LogP contribution in [0.1, 0.15) is 31.9 Å². The number of benzene rings is 2. The van der Waals surface area contributed by atoms with Gasteiger partial charge in [-0.15, -0.1) is 0 Å². The molecule has 0 bridgehead atoms. The van der Waals surface area contributed by atoms with Crippen molar-refractivity contribution in [3.63, 3.8) is 0 Å². The van der Waals surface area contributed by atoms with Gasteiger partial charge >= 0.3 is 12.1 Å². The first kappa shape index (κ1) is 22.3. The number of fused-ring (bicyclic) bond motifs is 3. The van der Waals surface area contributed by atoms with Gasteiger partial charge in [-0.1, -0.05) is 12.1 Å². The van der Waals surface area contributed by atoms with Gasteiger partial charge in [0.15, 0.2) is 0 Å². The lowest BCUT2D eigenvalue weighted by Crippen LogP contribution is -2.29. The number of anilines is 1. The van der Waals surface area contributed by atoms with Gasteiger partial charge in [-0.2, -0.15) is 0 Å². The predicted octanol–water partition coefficient (Wildman–Crippen LogP) is 4.46. The number of nitro benzene ring substituents is 1. The molecular formula is C24H25N3O6. The van der Waals surface area contributed by atoms with E-state index in [1.165, 1.54) is 16.7 Å². The number of rotatable bonds is 5. The monoisotopic (exact) mass is 451 g/mol. The molecule has 1 unspecified atom stereocenters. The summed E-state index contributed by atoms with van der Waals surface area (Å²) >= 11 is 0. The minimum absolute atomic E-state index is 0.0236. The molecule has 1 aliphatic rings. The highest BCUT2D eigenvalue weighted by atomic mass is 16.6.